The van der Waals surface area contributed by atoms with Gasteiger partial charge in [-0.1, -0.05) is 48.5 Å². The molecule has 1 saturated heterocycles. The van der Waals surface area contributed by atoms with Gasteiger partial charge in [-0.3, -0.25) is 4.79 Å². The quantitative estimate of drug-likeness (QED) is 0.699. The normalized spacial score (nSPS) is 19.1. The van der Waals surface area contributed by atoms with Crippen LogP contribution < -0.4 is 4.90 Å². The minimum atomic E-state index is -0.199. The van der Waals surface area contributed by atoms with Gasteiger partial charge >= 0.3 is 0 Å². The lowest BCUT2D eigenvalue weighted by Crippen LogP contribution is -2.48. The highest BCUT2D eigenvalue weighted by molar-refractivity contribution is 8.18. The minimum absolute atomic E-state index is 0.192. The Morgan fingerprint density at radius 3 is 2.38 bits per heavy atom. The predicted molar refractivity (Wildman–Crippen MR) is 118 cm³/mol. The van der Waals surface area contributed by atoms with E-state index in [0.29, 0.717) is 36.8 Å². The zero-order valence-electron chi connectivity index (χ0n) is 16.2. The third kappa shape index (κ3) is 4.59. The molecule has 2 heterocycles. The summed E-state index contributed by atoms with van der Waals surface area (Å²) in [7, 11) is 0. The number of hydrogen-bond donors (Lipinski definition) is 0. The Kier molecular flexibility index (Phi) is 5.81. The number of benzene rings is 2. The molecule has 2 aliphatic rings. The van der Waals surface area contributed by atoms with Crippen molar-refractivity contribution in [3.05, 3.63) is 82.5 Å². The van der Waals surface area contributed by atoms with Gasteiger partial charge in [-0.15, -0.1) is 0 Å². The molecule has 29 heavy (non-hydrogen) atoms. The van der Waals surface area contributed by atoms with Crippen molar-refractivity contribution in [3.8, 4) is 0 Å². The van der Waals surface area contributed by atoms with E-state index in [0.717, 1.165) is 16.3 Å². The van der Waals surface area contributed by atoms with Crippen LogP contribution in [-0.2, 0) is 4.79 Å². The molecule has 0 bridgehead atoms. The lowest BCUT2D eigenvalue weighted by Gasteiger charge is -2.36. The molecular formula is C23H22FN3OS. The van der Waals surface area contributed by atoms with Crippen molar-refractivity contribution >= 4 is 34.6 Å². The van der Waals surface area contributed by atoms with Crippen LogP contribution in [0, 0.1) is 5.82 Å². The van der Waals surface area contributed by atoms with Crippen molar-refractivity contribution in [1.82, 2.24) is 4.90 Å². The number of hydrogen-bond acceptors (Lipinski definition) is 4. The van der Waals surface area contributed by atoms with Crippen molar-refractivity contribution in [1.29, 1.82) is 0 Å². The van der Waals surface area contributed by atoms with Crippen LogP contribution >= 0.6 is 11.8 Å². The summed E-state index contributed by atoms with van der Waals surface area (Å²) in [5.41, 5.74) is 2.74. The fraction of sp³-hybridized carbons (Fsp3) is 0.217. The maximum atomic E-state index is 14.0. The summed E-state index contributed by atoms with van der Waals surface area (Å²) in [5.74, 6) is -0.392. The number of amidine groups is 1. The van der Waals surface area contributed by atoms with Gasteiger partial charge < -0.3 is 9.80 Å². The lowest BCUT2D eigenvalue weighted by molar-refractivity contribution is -0.113. The molecule has 0 N–H and O–H groups in total. The van der Waals surface area contributed by atoms with Crippen molar-refractivity contribution in [2.45, 2.75) is 6.92 Å². The number of carbonyl (C=O) groups is 1. The first-order chi connectivity index (χ1) is 14.1. The highest BCUT2D eigenvalue weighted by atomic mass is 32.2. The van der Waals surface area contributed by atoms with Crippen LogP contribution in [0.15, 0.2) is 76.1 Å². The first-order valence-electron chi connectivity index (χ1n) is 9.60. The van der Waals surface area contributed by atoms with Crippen LogP contribution in [0.1, 0.15) is 12.5 Å². The molecule has 2 aromatic rings. The van der Waals surface area contributed by atoms with Crippen molar-refractivity contribution in [3.63, 3.8) is 0 Å². The number of aliphatic imine (C=N–C) groups is 1. The Morgan fingerprint density at radius 2 is 1.66 bits per heavy atom. The number of halogens is 1. The number of thioether (sulfide) groups is 1. The van der Waals surface area contributed by atoms with E-state index in [-0.39, 0.29) is 11.7 Å². The molecule has 0 atom stereocenters. The second-order valence-electron chi connectivity index (χ2n) is 7.03. The third-order valence-electron chi connectivity index (χ3n) is 4.91. The van der Waals surface area contributed by atoms with Gasteiger partial charge in [-0.05, 0) is 48.0 Å². The molecule has 4 rings (SSSR count). The summed E-state index contributed by atoms with van der Waals surface area (Å²) in [6.45, 7) is 4.79. The highest BCUT2D eigenvalue weighted by Gasteiger charge is 2.28. The number of piperazine rings is 1. The van der Waals surface area contributed by atoms with Gasteiger partial charge in [0.2, 0.25) is 0 Å². The average molecular weight is 408 g/mol. The fourth-order valence-electron chi connectivity index (χ4n) is 3.44. The van der Waals surface area contributed by atoms with Crippen LogP contribution in [0.4, 0.5) is 10.1 Å². The van der Waals surface area contributed by atoms with E-state index in [1.165, 1.54) is 17.8 Å². The number of rotatable bonds is 3. The number of carbonyl (C=O) groups excluding carboxylic acids is 1. The molecule has 0 saturated carbocycles. The van der Waals surface area contributed by atoms with E-state index in [4.69, 9.17) is 0 Å². The first kappa shape index (κ1) is 19.5. The molecule has 6 heteroatoms. The van der Waals surface area contributed by atoms with Gasteiger partial charge in [0, 0.05) is 26.2 Å². The molecule has 1 fully saturated rings. The van der Waals surface area contributed by atoms with Crippen LogP contribution in [0.2, 0.25) is 0 Å². The molecule has 2 aliphatic heterocycles. The Bertz CT molecular complexity index is 992. The smallest absolute Gasteiger partial charge is 0.286 e. The summed E-state index contributed by atoms with van der Waals surface area (Å²) in [6, 6.07) is 16.9. The molecule has 148 valence electrons. The van der Waals surface area contributed by atoms with E-state index < -0.39 is 0 Å². The topological polar surface area (TPSA) is 35.9 Å². The van der Waals surface area contributed by atoms with Gasteiger partial charge in [-0.2, -0.15) is 4.99 Å². The molecule has 0 unspecified atom stereocenters. The van der Waals surface area contributed by atoms with E-state index in [2.05, 4.69) is 9.89 Å². The Hall–Kier alpha value is -2.86. The summed E-state index contributed by atoms with van der Waals surface area (Å²) >= 11 is 1.42. The zero-order valence-corrected chi connectivity index (χ0v) is 17.0. The van der Waals surface area contributed by atoms with Gasteiger partial charge in [0.05, 0.1) is 10.6 Å². The molecular weight excluding hydrogens is 385 g/mol. The van der Waals surface area contributed by atoms with Crippen LogP contribution in [0.5, 0.6) is 0 Å². The Morgan fingerprint density at radius 1 is 1.00 bits per heavy atom. The van der Waals surface area contributed by atoms with Crippen molar-refractivity contribution in [2.75, 3.05) is 31.1 Å². The van der Waals surface area contributed by atoms with E-state index in [1.807, 2.05) is 60.4 Å². The standard InChI is InChI=1S/C23H22FN3OS/c1-17(15-18-7-3-2-4-8-18)16-21-22(28)25-23(29-21)27-13-11-26(12-14-27)20-10-6-5-9-19(20)24/h2-10,15-16H,11-14H2,1H3. The first-order valence-corrected chi connectivity index (χ1v) is 10.4. The summed E-state index contributed by atoms with van der Waals surface area (Å²) < 4.78 is 14.0. The molecule has 0 spiro atoms. The van der Waals surface area contributed by atoms with Crippen LogP contribution in [0.25, 0.3) is 6.08 Å². The maximum absolute atomic E-state index is 14.0. The molecule has 0 aromatic heterocycles. The SMILES string of the molecule is CC(=Cc1ccccc1)C=C1SC(N2CCN(c3ccccc3F)CC2)=NC1=O. The van der Waals surface area contributed by atoms with Gasteiger partial charge in [0.1, 0.15) is 5.82 Å². The van der Waals surface area contributed by atoms with Gasteiger partial charge in [0.15, 0.2) is 5.17 Å². The van der Waals surface area contributed by atoms with Crippen molar-refractivity contribution in [2.24, 2.45) is 4.99 Å². The maximum Gasteiger partial charge on any atom is 0.286 e. The number of para-hydroxylation sites is 1. The Balaban J connectivity index is 1.39. The van der Waals surface area contributed by atoms with Crippen molar-refractivity contribution < 1.29 is 9.18 Å². The van der Waals surface area contributed by atoms with Gasteiger partial charge in [-0.25, -0.2) is 4.39 Å². The zero-order chi connectivity index (χ0) is 20.2. The third-order valence-corrected chi connectivity index (χ3v) is 5.95. The molecule has 0 radical (unpaired) electrons. The van der Waals surface area contributed by atoms with Crippen LogP contribution in [-0.4, -0.2) is 42.2 Å². The Labute approximate surface area is 174 Å². The predicted octanol–water partition coefficient (Wildman–Crippen LogP) is 4.56. The monoisotopic (exact) mass is 407 g/mol. The average Bonchev–Trinajstić information content (AvgIpc) is 3.09. The number of anilines is 1. The largest absolute Gasteiger partial charge is 0.366 e. The summed E-state index contributed by atoms with van der Waals surface area (Å²) in [4.78, 5) is 21.4. The highest BCUT2D eigenvalue weighted by Crippen LogP contribution is 2.31. The van der Waals surface area contributed by atoms with Gasteiger partial charge in [0.25, 0.3) is 5.91 Å². The van der Waals surface area contributed by atoms with E-state index in [9.17, 15) is 9.18 Å². The van der Waals surface area contributed by atoms with E-state index in [1.54, 1.807) is 12.1 Å². The van der Waals surface area contributed by atoms with E-state index >= 15 is 0 Å². The second kappa shape index (κ2) is 8.66. The number of amides is 1. The summed E-state index contributed by atoms with van der Waals surface area (Å²) in [5, 5.41) is 0.738. The second-order valence-corrected chi connectivity index (χ2v) is 8.04. The number of allylic oxidation sites excluding steroid dienone is 2. The lowest BCUT2D eigenvalue weighted by atomic mass is 10.1. The van der Waals surface area contributed by atoms with Crippen LogP contribution in [0.3, 0.4) is 0 Å². The molecule has 4 nitrogen and oxygen atoms in total. The molecule has 2 aromatic carbocycles. The summed E-state index contributed by atoms with van der Waals surface area (Å²) in [6.07, 6.45) is 3.94. The molecule has 0 aliphatic carbocycles. The molecule has 1 amide bonds. The number of nitrogens with zero attached hydrogens (tertiary/aromatic N) is 3. The fourth-order valence-corrected chi connectivity index (χ4v) is 4.46. The minimum Gasteiger partial charge on any atom is -0.366 e.